The Bertz CT molecular complexity index is 508. The number of rotatable bonds is 4. The molecule has 104 valence electrons. The fourth-order valence-electron chi connectivity index (χ4n) is 1.87. The summed E-state index contributed by atoms with van der Waals surface area (Å²) in [4.78, 5) is 24.9. The molecule has 5 heteroatoms. The minimum absolute atomic E-state index is 0.121. The second-order valence-corrected chi connectivity index (χ2v) is 4.93. The maximum Gasteiger partial charge on any atom is 0.329 e. The predicted octanol–water partition coefficient (Wildman–Crippen LogP) is 2.03. The lowest BCUT2D eigenvalue weighted by molar-refractivity contribution is -0.147. The fraction of sp³-hybridized carbons (Fsp3) is 0.429. The molecule has 0 atom stereocenters. The van der Waals surface area contributed by atoms with Gasteiger partial charge in [-0.3, -0.25) is 4.79 Å². The molecule has 0 aliphatic rings. The van der Waals surface area contributed by atoms with E-state index < -0.39 is 17.4 Å². The number of hydrogen-bond donors (Lipinski definition) is 2. The summed E-state index contributed by atoms with van der Waals surface area (Å²) in [5, 5.41) is 19.0. The normalized spacial score (nSPS) is 11.2. The van der Waals surface area contributed by atoms with Crippen LogP contribution in [-0.4, -0.2) is 39.1 Å². The third-order valence-electron chi connectivity index (χ3n) is 3.14. The van der Waals surface area contributed by atoms with Crippen LogP contribution >= 0.6 is 0 Å². The van der Waals surface area contributed by atoms with E-state index in [0.717, 1.165) is 5.56 Å². The van der Waals surface area contributed by atoms with Crippen LogP contribution in [0.4, 0.5) is 0 Å². The van der Waals surface area contributed by atoms with Crippen LogP contribution in [0, 0.1) is 6.92 Å². The molecule has 2 N–H and O–H groups in total. The Kier molecular flexibility index (Phi) is 4.19. The van der Waals surface area contributed by atoms with E-state index in [2.05, 4.69) is 0 Å². The van der Waals surface area contributed by atoms with Crippen LogP contribution in [0.3, 0.4) is 0 Å². The Hall–Kier alpha value is -2.04. The Morgan fingerprint density at radius 2 is 1.89 bits per heavy atom. The molecule has 0 radical (unpaired) electrons. The molecule has 1 rings (SSSR count). The first-order valence-corrected chi connectivity index (χ1v) is 6.06. The van der Waals surface area contributed by atoms with Crippen molar-refractivity contribution in [1.29, 1.82) is 0 Å². The zero-order valence-corrected chi connectivity index (χ0v) is 11.6. The number of aromatic hydroxyl groups is 1. The molecule has 1 aromatic carbocycles. The number of hydrogen-bond acceptors (Lipinski definition) is 3. The molecule has 0 aliphatic carbocycles. The highest BCUT2D eigenvalue weighted by molar-refractivity contribution is 5.99. The number of carbonyl (C=O) groups is 2. The number of likely N-dealkylation sites (N-methyl/N-ethyl adjacent to an activating group) is 1. The number of carboxylic acid groups (broad SMARTS) is 1. The van der Waals surface area contributed by atoms with Crippen LogP contribution in [0.1, 0.15) is 36.7 Å². The first-order chi connectivity index (χ1) is 8.71. The van der Waals surface area contributed by atoms with Crippen molar-refractivity contribution < 1.29 is 19.8 Å². The third-order valence-corrected chi connectivity index (χ3v) is 3.14. The Balaban J connectivity index is 3.23. The molecule has 0 spiro atoms. The van der Waals surface area contributed by atoms with E-state index in [1.54, 1.807) is 26.0 Å². The van der Waals surface area contributed by atoms with E-state index in [1.165, 1.54) is 24.8 Å². The van der Waals surface area contributed by atoms with Gasteiger partial charge in [-0.05, 0) is 39.8 Å². The molecule has 19 heavy (non-hydrogen) atoms. The number of phenolic OH excluding ortho intramolecular Hbond substituents is 1. The number of aliphatic carboxylic acids is 1. The molecular weight excluding hydrogens is 246 g/mol. The number of aryl methyl sites for hydroxylation is 1. The number of carbonyl (C=O) groups excluding carboxylic acids is 1. The quantitative estimate of drug-likeness (QED) is 0.873. The summed E-state index contributed by atoms with van der Waals surface area (Å²) in [6.07, 6.45) is 0. The van der Waals surface area contributed by atoms with Gasteiger partial charge in [0.05, 0.1) is 5.56 Å². The molecular formula is C14H19NO4. The van der Waals surface area contributed by atoms with Crippen LogP contribution in [-0.2, 0) is 4.79 Å². The third kappa shape index (κ3) is 2.86. The van der Waals surface area contributed by atoms with E-state index in [9.17, 15) is 19.8 Å². The summed E-state index contributed by atoms with van der Waals surface area (Å²) >= 11 is 0. The molecule has 1 aromatic rings. The highest BCUT2D eigenvalue weighted by Crippen LogP contribution is 2.24. The molecule has 0 saturated heterocycles. The van der Waals surface area contributed by atoms with Gasteiger partial charge in [0.15, 0.2) is 0 Å². The minimum atomic E-state index is -1.33. The van der Waals surface area contributed by atoms with Crippen LogP contribution < -0.4 is 0 Å². The van der Waals surface area contributed by atoms with Crippen molar-refractivity contribution in [2.24, 2.45) is 0 Å². The van der Waals surface area contributed by atoms with Crippen LogP contribution in [0.15, 0.2) is 18.2 Å². The van der Waals surface area contributed by atoms with Gasteiger partial charge in [0, 0.05) is 6.54 Å². The van der Waals surface area contributed by atoms with E-state index >= 15 is 0 Å². The van der Waals surface area contributed by atoms with Crippen LogP contribution in [0.25, 0.3) is 0 Å². The molecule has 0 heterocycles. The van der Waals surface area contributed by atoms with Gasteiger partial charge in [0.1, 0.15) is 11.3 Å². The zero-order chi connectivity index (χ0) is 14.8. The summed E-state index contributed by atoms with van der Waals surface area (Å²) < 4.78 is 0. The lowest BCUT2D eigenvalue weighted by atomic mass is 10.0. The summed E-state index contributed by atoms with van der Waals surface area (Å²) in [5.41, 5.74) is -0.385. The predicted molar refractivity (Wildman–Crippen MR) is 71.3 cm³/mol. The average Bonchev–Trinajstić information content (AvgIpc) is 2.32. The molecule has 0 unspecified atom stereocenters. The SMILES string of the molecule is CCN(C(=O)c1cc(C)ccc1O)C(C)(C)C(=O)O. The highest BCUT2D eigenvalue weighted by Gasteiger charge is 2.37. The molecule has 0 aliphatic heterocycles. The zero-order valence-electron chi connectivity index (χ0n) is 11.6. The fourth-order valence-corrected chi connectivity index (χ4v) is 1.87. The maximum atomic E-state index is 12.4. The van der Waals surface area contributed by atoms with Gasteiger partial charge in [-0.2, -0.15) is 0 Å². The number of carboxylic acids is 1. The van der Waals surface area contributed by atoms with Crippen molar-refractivity contribution in [2.45, 2.75) is 33.2 Å². The van der Waals surface area contributed by atoms with Crippen molar-refractivity contribution in [3.05, 3.63) is 29.3 Å². The van der Waals surface area contributed by atoms with E-state index in [-0.39, 0.29) is 17.9 Å². The summed E-state index contributed by atoms with van der Waals surface area (Å²) in [5.74, 6) is -1.72. The lowest BCUT2D eigenvalue weighted by Gasteiger charge is -2.34. The smallest absolute Gasteiger partial charge is 0.329 e. The van der Waals surface area contributed by atoms with Gasteiger partial charge < -0.3 is 15.1 Å². The minimum Gasteiger partial charge on any atom is -0.507 e. The van der Waals surface area contributed by atoms with Crippen molar-refractivity contribution in [1.82, 2.24) is 4.90 Å². The Morgan fingerprint density at radius 1 is 1.32 bits per heavy atom. The van der Waals surface area contributed by atoms with Gasteiger partial charge >= 0.3 is 5.97 Å². The van der Waals surface area contributed by atoms with Crippen molar-refractivity contribution >= 4 is 11.9 Å². The average molecular weight is 265 g/mol. The van der Waals surface area contributed by atoms with Gasteiger partial charge in [-0.15, -0.1) is 0 Å². The largest absolute Gasteiger partial charge is 0.507 e. The molecule has 0 aromatic heterocycles. The topological polar surface area (TPSA) is 77.8 Å². The standard InChI is InChI=1S/C14H19NO4/c1-5-15(14(3,4)13(18)19)12(17)10-8-9(2)6-7-11(10)16/h6-8,16H,5H2,1-4H3,(H,18,19). The van der Waals surface area contributed by atoms with Crippen LogP contribution in [0.2, 0.25) is 0 Å². The van der Waals surface area contributed by atoms with Gasteiger partial charge in [-0.1, -0.05) is 11.6 Å². The molecule has 0 bridgehead atoms. The maximum absolute atomic E-state index is 12.4. The van der Waals surface area contributed by atoms with Crippen molar-refractivity contribution in [3.63, 3.8) is 0 Å². The second-order valence-electron chi connectivity index (χ2n) is 4.93. The second kappa shape index (κ2) is 5.30. The van der Waals surface area contributed by atoms with E-state index in [0.29, 0.717) is 0 Å². The van der Waals surface area contributed by atoms with E-state index in [1.807, 2.05) is 0 Å². The van der Waals surface area contributed by atoms with Gasteiger partial charge in [0.25, 0.3) is 5.91 Å². The Morgan fingerprint density at radius 3 is 2.37 bits per heavy atom. The molecule has 1 amide bonds. The lowest BCUT2D eigenvalue weighted by Crippen LogP contribution is -2.52. The van der Waals surface area contributed by atoms with Crippen LogP contribution in [0.5, 0.6) is 5.75 Å². The van der Waals surface area contributed by atoms with Crippen molar-refractivity contribution in [2.75, 3.05) is 6.54 Å². The number of amides is 1. The van der Waals surface area contributed by atoms with E-state index in [4.69, 9.17) is 0 Å². The highest BCUT2D eigenvalue weighted by atomic mass is 16.4. The number of benzene rings is 1. The molecule has 0 saturated carbocycles. The summed E-state index contributed by atoms with van der Waals surface area (Å²) in [6.45, 7) is 6.67. The monoisotopic (exact) mass is 265 g/mol. The van der Waals surface area contributed by atoms with Gasteiger partial charge in [0.2, 0.25) is 0 Å². The van der Waals surface area contributed by atoms with Crippen molar-refractivity contribution in [3.8, 4) is 5.75 Å². The first-order valence-electron chi connectivity index (χ1n) is 6.06. The summed E-state index contributed by atoms with van der Waals surface area (Å²) in [6, 6.07) is 4.67. The van der Waals surface area contributed by atoms with Gasteiger partial charge in [-0.25, -0.2) is 4.79 Å². The molecule has 5 nitrogen and oxygen atoms in total. The first kappa shape index (κ1) is 15.0. The molecule has 0 fully saturated rings. The number of nitrogens with zero attached hydrogens (tertiary/aromatic N) is 1. The Labute approximate surface area is 112 Å². The number of phenols is 1. The summed E-state index contributed by atoms with van der Waals surface area (Å²) in [7, 11) is 0.